The van der Waals surface area contributed by atoms with Gasteiger partial charge in [-0.15, -0.1) is 11.3 Å². The van der Waals surface area contributed by atoms with Crippen LogP contribution in [0.4, 0.5) is 5.00 Å². The predicted molar refractivity (Wildman–Crippen MR) is 52.5 cm³/mol. The summed E-state index contributed by atoms with van der Waals surface area (Å²) in [7, 11) is 0. The SMILES string of the molecule is Cc1csc2c1CN1CCOC1=N2. The Morgan fingerprint density at radius 3 is 3.46 bits per heavy atom. The monoisotopic (exact) mass is 194 g/mol. The predicted octanol–water partition coefficient (Wildman–Crippen LogP) is 1.89. The van der Waals surface area contributed by atoms with Gasteiger partial charge in [0, 0.05) is 5.56 Å². The summed E-state index contributed by atoms with van der Waals surface area (Å²) in [6.07, 6.45) is 0. The third-order valence-corrected chi connectivity index (χ3v) is 3.52. The molecule has 1 aromatic heterocycles. The number of aliphatic imine (C=N–C) groups is 1. The zero-order valence-electron chi connectivity index (χ0n) is 7.41. The van der Waals surface area contributed by atoms with Crippen molar-refractivity contribution < 1.29 is 4.74 Å². The summed E-state index contributed by atoms with van der Waals surface area (Å²) in [5.41, 5.74) is 2.73. The third-order valence-electron chi connectivity index (χ3n) is 2.49. The molecule has 3 rings (SSSR count). The number of hydrogen-bond acceptors (Lipinski definition) is 4. The van der Waals surface area contributed by atoms with Crippen LogP contribution in [-0.4, -0.2) is 24.1 Å². The number of hydrogen-bond donors (Lipinski definition) is 0. The van der Waals surface area contributed by atoms with Gasteiger partial charge in [0.2, 0.25) is 0 Å². The number of aryl methyl sites for hydroxylation is 1. The van der Waals surface area contributed by atoms with E-state index in [1.165, 1.54) is 11.1 Å². The average Bonchev–Trinajstić information content (AvgIpc) is 2.70. The molecule has 1 fully saturated rings. The average molecular weight is 194 g/mol. The van der Waals surface area contributed by atoms with Gasteiger partial charge in [-0.05, 0) is 17.9 Å². The molecule has 0 amide bonds. The highest BCUT2D eigenvalue weighted by molar-refractivity contribution is 7.14. The molecule has 2 aliphatic heterocycles. The van der Waals surface area contributed by atoms with E-state index in [2.05, 4.69) is 22.2 Å². The van der Waals surface area contributed by atoms with Crippen LogP contribution in [-0.2, 0) is 11.3 Å². The van der Waals surface area contributed by atoms with Crippen molar-refractivity contribution in [2.75, 3.05) is 13.2 Å². The fourth-order valence-corrected chi connectivity index (χ4v) is 2.63. The van der Waals surface area contributed by atoms with Crippen LogP contribution < -0.4 is 0 Å². The van der Waals surface area contributed by atoms with E-state index in [0.717, 1.165) is 30.7 Å². The highest BCUT2D eigenvalue weighted by atomic mass is 32.1. The summed E-state index contributed by atoms with van der Waals surface area (Å²) in [4.78, 5) is 6.66. The Balaban J connectivity index is 2.11. The quantitative estimate of drug-likeness (QED) is 0.630. The topological polar surface area (TPSA) is 24.8 Å². The summed E-state index contributed by atoms with van der Waals surface area (Å²) < 4.78 is 5.41. The fraction of sp³-hybridized carbons (Fsp3) is 0.444. The number of amidine groups is 1. The summed E-state index contributed by atoms with van der Waals surface area (Å²) in [5, 5.41) is 3.29. The van der Waals surface area contributed by atoms with Gasteiger partial charge in [0.25, 0.3) is 6.02 Å². The van der Waals surface area contributed by atoms with Crippen LogP contribution in [0, 0.1) is 6.92 Å². The largest absolute Gasteiger partial charge is 0.463 e. The zero-order chi connectivity index (χ0) is 8.84. The van der Waals surface area contributed by atoms with E-state index in [1.807, 2.05) is 0 Å². The van der Waals surface area contributed by atoms with Gasteiger partial charge >= 0.3 is 0 Å². The first-order valence-corrected chi connectivity index (χ1v) is 5.26. The molecule has 4 heteroatoms. The first kappa shape index (κ1) is 7.38. The van der Waals surface area contributed by atoms with E-state index in [1.54, 1.807) is 11.3 Å². The van der Waals surface area contributed by atoms with Crippen molar-refractivity contribution in [2.45, 2.75) is 13.5 Å². The molecule has 0 saturated carbocycles. The van der Waals surface area contributed by atoms with E-state index in [0.29, 0.717) is 0 Å². The summed E-state index contributed by atoms with van der Waals surface area (Å²) in [5.74, 6) is 0. The summed E-state index contributed by atoms with van der Waals surface area (Å²) in [6, 6.07) is 0.814. The second kappa shape index (κ2) is 2.48. The number of fused-ring (bicyclic) bond motifs is 2. The molecule has 1 saturated heterocycles. The molecular formula is C9H10N2OS. The van der Waals surface area contributed by atoms with Gasteiger partial charge in [-0.25, -0.2) is 0 Å². The van der Waals surface area contributed by atoms with Gasteiger partial charge in [-0.1, -0.05) is 0 Å². The number of ether oxygens (including phenoxy) is 1. The molecule has 0 spiro atoms. The van der Waals surface area contributed by atoms with Gasteiger partial charge in [0.15, 0.2) is 0 Å². The minimum atomic E-state index is 0.785. The number of nitrogens with zero attached hydrogens (tertiary/aromatic N) is 2. The smallest absolute Gasteiger partial charge is 0.293 e. The first-order chi connectivity index (χ1) is 6.34. The van der Waals surface area contributed by atoms with Crippen LogP contribution in [0.25, 0.3) is 0 Å². The maximum absolute atomic E-state index is 5.41. The minimum Gasteiger partial charge on any atom is -0.463 e. The highest BCUT2D eigenvalue weighted by Crippen LogP contribution is 2.35. The molecule has 0 radical (unpaired) electrons. The lowest BCUT2D eigenvalue weighted by atomic mass is 10.2. The Labute approximate surface area is 80.7 Å². The van der Waals surface area contributed by atoms with Crippen LogP contribution in [0.2, 0.25) is 0 Å². The van der Waals surface area contributed by atoms with E-state index >= 15 is 0 Å². The maximum atomic E-state index is 5.41. The Morgan fingerprint density at radius 2 is 2.54 bits per heavy atom. The maximum Gasteiger partial charge on any atom is 0.293 e. The van der Waals surface area contributed by atoms with Gasteiger partial charge in [0.1, 0.15) is 11.6 Å². The van der Waals surface area contributed by atoms with Crippen LogP contribution in [0.3, 0.4) is 0 Å². The molecule has 0 aromatic carbocycles. The molecule has 0 aliphatic carbocycles. The van der Waals surface area contributed by atoms with Gasteiger partial charge < -0.3 is 9.64 Å². The van der Waals surface area contributed by atoms with E-state index < -0.39 is 0 Å². The minimum absolute atomic E-state index is 0.785. The lowest BCUT2D eigenvalue weighted by Gasteiger charge is -2.20. The molecule has 2 aliphatic rings. The Kier molecular flexibility index (Phi) is 1.41. The second-order valence-corrected chi connectivity index (χ2v) is 4.22. The fourth-order valence-electron chi connectivity index (χ4n) is 1.70. The van der Waals surface area contributed by atoms with Gasteiger partial charge in [-0.2, -0.15) is 4.99 Å². The molecule has 0 N–H and O–H groups in total. The van der Waals surface area contributed by atoms with Crippen molar-refractivity contribution in [2.24, 2.45) is 4.99 Å². The molecule has 1 aromatic rings. The Morgan fingerprint density at radius 1 is 1.62 bits per heavy atom. The second-order valence-electron chi connectivity index (χ2n) is 3.37. The lowest BCUT2D eigenvalue weighted by Crippen LogP contribution is -2.27. The van der Waals surface area contributed by atoms with Crippen LogP contribution in [0.15, 0.2) is 10.4 Å². The molecule has 3 nitrogen and oxygen atoms in total. The van der Waals surface area contributed by atoms with Crippen molar-refractivity contribution in [1.82, 2.24) is 4.90 Å². The molecule has 13 heavy (non-hydrogen) atoms. The van der Waals surface area contributed by atoms with E-state index in [9.17, 15) is 0 Å². The normalized spacial score (nSPS) is 19.2. The molecule has 68 valence electrons. The highest BCUT2D eigenvalue weighted by Gasteiger charge is 2.27. The van der Waals surface area contributed by atoms with Crippen molar-refractivity contribution in [3.8, 4) is 0 Å². The summed E-state index contributed by atoms with van der Waals surface area (Å²) in [6.45, 7) is 4.89. The lowest BCUT2D eigenvalue weighted by molar-refractivity contribution is 0.351. The molecule has 0 bridgehead atoms. The van der Waals surface area contributed by atoms with Crippen LogP contribution >= 0.6 is 11.3 Å². The molecule has 0 atom stereocenters. The van der Waals surface area contributed by atoms with E-state index in [-0.39, 0.29) is 0 Å². The van der Waals surface area contributed by atoms with Crippen molar-refractivity contribution >= 4 is 22.4 Å². The molecule has 3 heterocycles. The van der Waals surface area contributed by atoms with Crippen molar-refractivity contribution in [3.63, 3.8) is 0 Å². The molecular weight excluding hydrogens is 184 g/mol. The van der Waals surface area contributed by atoms with Crippen LogP contribution in [0.1, 0.15) is 11.1 Å². The number of thiophene rings is 1. The van der Waals surface area contributed by atoms with E-state index in [4.69, 9.17) is 4.74 Å². The standard InChI is InChI=1S/C9H10N2OS/c1-6-5-13-8-7(6)4-11-2-3-12-9(11)10-8/h5H,2-4H2,1H3. The van der Waals surface area contributed by atoms with Crippen LogP contribution in [0.5, 0.6) is 0 Å². The number of rotatable bonds is 0. The third kappa shape index (κ3) is 0.983. The zero-order valence-corrected chi connectivity index (χ0v) is 8.23. The van der Waals surface area contributed by atoms with Crippen molar-refractivity contribution in [1.29, 1.82) is 0 Å². The van der Waals surface area contributed by atoms with Crippen molar-refractivity contribution in [3.05, 3.63) is 16.5 Å². The Bertz CT molecular complexity index is 383. The first-order valence-electron chi connectivity index (χ1n) is 4.38. The summed E-state index contributed by atoms with van der Waals surface area (Å²) >= 11 is 1.71. The van der Waals surface area contributed by atoms with Gasteiger partial charge in [-0.3, -0.25) is 0 Å². The van der Waals surface area contributed by atoms with Gasteiger partial charge in [0.05, 0.1) is 13.1 Å². The Hall–Kier alpha value is -1.03. The molecule has 0 unspecified atom stereocenters.